The van der Waals surface area contributed by atoms with E-state index in [1.807, 2.05) is 20.0 Å². The molecule has 3 heterocycles. The maximum Gasteiger partial charge on any atom is 0.318 e. The lowest BCUT2D eigenvalue weighted by molar-refractivity contribution is 0.186. The van der Waals surface area contributed by atoms with Crippen LogP contribution >= 0.6 is 11.6 Å². The van der Waals surface area contributed by atoms with Crippen LogP contribution in [-0.4, -0.2) is 76.3 Å². The molecule has 1 aromatic heterocycles. The number of urea groups is 1. The first kappa shape index (κ1) is 22.7. The Morgan fingerprint density at radius 3 is 2.97 bits per heavy atom. The molecule has 10 heteroatoms. The molecule has 2 amide bonds. The molecule has 4 rings (SSSR count). The summed E-state index contributed by atoms with van der Waals surface area (Å²) >= 11 is 5.84. The van der Waals surface area contributed by atoms with E-state index >= 15 is 0 Å². The van der Waals surface area contributed by atoms with Gasteiger partial charge >= 0.3 is 6.03 Å². The molecule has 2 aliphatic heterocycles. The number of halogens is 2. The van der Waals surface area contributed by atoms with Crippen LogP contribution in [-0.2, 0) is 13.0 Å². The Hall–Kier alpha value is -2.49. The number of fused-ring (bicyclic) bond motifs is 1. The second-order valence-corrected chi connectivity index (χ2v) is 9.03. The normalized spacial score (nSPS) is 21.8. The van der Waals surface area contributed by atoms with Gasteiger partial charge in [0.15, 0.2) is 0 Å². The third-order valence-electron chi connectivity index (χ3n) is 6.07. The van der Waals surface area contributed by atoms with Gasteiger partial charge in [0, 0.05) is 37.8 Å². The molecule has 32 heavy (non-hydrogen) atoms. The number of aliphatic hydroxyl groups excluding tert-OH is 1. The molecule has 172 valence electrons. The number of nitrogens with zero attached hydrogens (tertiary/aromatic N) is 4. The van der Waals surface area contributed by atoms with Gasteiger partial charge in [-0.25, -0.2) is 19.2 Å². The average molecular weight is 463 g/mol. The number of aromatic nitrogens is 2. The average Bonchev–Trinajstić information content (AvgIpc) is 3.14. The molecule has 0 spiro atoms. The van der Waals surface area contributed by atoms with Crippen molar-refractivity contribution in [2.45, 2.75) is 37.9 Å². The SMILES string of the molecule is C[C@@H](CO)Nc1ncc2c(n1)CN(C(=O)N[C@@H]1CN(C)C[C@H]1c1ccc(Cl)c(F)c1)CC2. The minimum absolute atomic E-state index is 0.0223. The third-order valence-corrected chi connectivity index (χ3v) is 6.37. The van der Waals surface area contributed by atoms with Gasteiger partial charge in [0.1, 0.15) is 5.82 Å². The van der Waals surface area contributed by atoms with Crippen LogP contribution in [0, 0.1) is 5.82 Å². The van der Waals surface area contributed by atoms with Crippen molar-refractivity contribution in [3.8, 4) is 0 Å². The predicted octanol–water partition coefficient (Wildman–Crippen LogP) is 2.23. The van der Waals surface area contributed by atoms with E-state index in [0.717, 1.165) is 23.4 Å². The Morgan fingerprint density at radius 1 is 1.41 bits per heavy atom. The quantitative estimate of drug-likeness (QED) is 0.631. The highest BCUT2D eigenvalue weighted by Crippen LogP contribution is 2.29. The molecule has 0 saturated carbocycles. The zero-order chi connectivity index (χ0) is 22.8. The van der Waals surface area contributed by atoms with Crippen molar-refractivity contribution in [1.82, 2.24) is 25.1 Å². The smallest absolute Gasteiger partial charge is 0.318 e. The van der Waals surface area contributed by atoms with Gasteiger partial charge in [-0.2, -0.15) is 0 Å². The van der Waals surface area contributed by atoms with Crippen LogP contribution in [0.4, 0.5) is 15.1 Å². The molecule has 0 aliphatic carbocycles. The number of hydrogen-bond acceptors (Lipinski definition) is 6. The van der Waals surface area contributed by atoms with Gasteiger partial charge < -0.3 is 25.5 Å². The first-order valence-corrected chi connectivity index (χ1v) is 11.1. The number of hydrogen-bond donors (Lipinski definition) is 3. The fraction of sp³-hybridized carbons (Fsp3) is 0.500. The van der Waals surface area contributed by atoms with Crippen LogP contribution in [0.3, 0.4) is 0 Å². The monoisotopic (exact) mass is 462 g/mol. The number of aliphatic hydroxyl groups is 1. The number of rotatable bonds is 5. The number of anilines is 1. The summed E-state index contributed by atoms with van der Waals surface area (Å²) in [6.45, 7) is 4.17. The molecule has 0 bridgehead atoms. The fourth-order valence-electron chi connectivity index (χ4n) is 4.29. The minimum Gasteiger partial charge on any atom is -0.394 e. The highest BCUT2D eigenvalue weighted by Gasteiger charge is 2.35. The van der Waals surface area contributed by atoms with Crippen LogP contribution in [0.1, 0.15) is 29.7 Å². The molecule has 1 aromatic carbocycles. The molecule has 3 atom stereocenters. The maximum absolute atomic E-state index is 14.0. The largest absolute Gasteiger partial charge is 0.394 e. The van der Waals surface area contributed by atoms with Crippen molar-refractivity contribution < 1.29 is 14.3 Å². The number of carbonyl (C=O) groups is 1. The number of amides is 2. The number of benzene rings is 1. The van der Waals surface area contributed by atoms with E-state index in [2.05, 4.69) is 25.5 Å². The van der Waals surface area contributed by atoms with Crippen molar-refractivity contribution >= 4 is 23.6 Å². The zero-order valence-electron chi connectivity index (χ0n) is 18.2. The van der Waals surface area contributed by atoms with Crippen molar-refractivity contribution in [2.75, 3.05) is 38.6 Å². The Balaban J connectivity index is 1.44. The lowest BCUT2D eigenvalue weighted by atomic mass is 9.94. The summed E-state index contributed by atoms with van der Waals surface area (Å²) in [4.78, 5) is 25.8. The van der Waals surface area contributed by atoms with Crippen molar-refractivity contribution in [2.24, 2.45) is 0 Å². The van der Waals surface area contributed by atoms with Gasteiger partial charge in [0.05, 0.1) is 29.9 Å². The Bertz CT molecular complexity index is 993. The molecule has 2 aliphatic rings. The summed E-state index contributed by atoms with van der Waals surface area (Å²) in [5.41, 5.74) is 2.65. The van der Waals surface area contributed by atoms with Gasteiger partial charge in [-0.15, -0.1) is 0 Å². The maximum atomic E-state index is 14.0. The summed E-state index contributed by atoms with van der Waals surface area (Å²) in [5, 5.41) is 15.5. The lowest BCUT2D eigenvalue weighted by Gasteiger charge is -2.30. The third kappa shape index (κ3) is 4.95. The first-order valence-electron chi connectivity index (χ1n) is 10.7. The van der Waals surface area contributed by atoms with Gasteiger partial charge in [-0.1, -0.05) is 17.7 Å². The Labute approximate surface area is 191 Å². The molecule has 1 saturated heterocycles. The van der Waals surface area contributed by atoms with Crippen molar-refractivity contribution in [1.29, 1.82) is 0 Å². The molecular weight excluding hydrogens is 435 g/mol. The fourth-order valence-corrected chi connectivity index (χ4v) is 4.41. The standard InChI is InChI=1S/C22H28ClFN6O2/c1-13(12-31)26-21-25-8-15-5-6-30(11-19(15)27-21)22(32)28-20-10-29(2)9-16(20)14-3-4-17(23)18(24)7-14/h3-4,7-8,13,16,20,31H,5-6,9-12H2,1-2H3,(H,28,32)(H,25,26,27)/t13-,16-,20+/m0/s1. The van der Waals surface area contributed by atoms with Gasteiger partial charge in [0.25, 0.3) is 0 Å². The van der Waals surface area contributed by atoms with E-state index in [1.165, 1.54) is 6.07 Å². The Kier molecular flexibility index (Phi) is 6.78. The summed E-state index contributed by atoms with van der Waals surface area (Å²) in [7, 11) is 1.99. The molecule has 8 nitrogen and oxygen atoms in total. The summed E-state index contributed by atoms with van der Waals surface area (Å²) in [5.74, 6) is -0.0308. The number of likely N-dealkylation sites (tertiary alicyclic amines) is 1. The van der Waals surface area contributed by atoms with E-state index in [1.54, 1.807) is 17.2 Å². The second kappa shape index (κ2) is 9.56. The van der Waals surface area contributed by atoms with Crippen LogP contribution < -0.4 is 10.6 Å². The lowest BCUT2D eigenvalue weighted by Crippen LogP contribution is -2.49. The van der Waals surface area contributed by atoms with Crippen LogP contribution in [0.5, 0.6) is 0 Å². The van der Waals surface area contributed by atoms with E-state index < -0.39 is 5.82 Å². The molecular formula is C22H28ClFN6O2. The molecule has 3 N–H and O–H groups in total. The molecule has 2 aromatic rings. The summed E-state index contributed by atoms with van der Waals surface area (Å²) < 4.78 is 14.0. The van der Waals surface area contributed by atoms with Gasteiger partial charge in [-0.3, -0.25) is 0 Å². The molecule has 1 fully saturated rings. The number of carbonyl (C=O) groups excluding carboxylic acids is 1. The van der Waals surface area contributed by atoms with E-state index in [9.17, 15) is 14.3 Å². The zero-order valence-corrected chi connectivity index (χ0v) is 18.9. The number of likely N-dealkylation sites (N-methyl/N-ethyl adjacent to an activating group) is 1. The van der Waals surface area contributed by atoms with Gasteiger partial charge in [-0.05, 0) is 43.7 Å². The topological polar surface area (TPSA) is 93.6 Å². The first-order chi connectivity index (χ1) is 15.3. The van der Waals surface area contributed by atoms with Gasteiger partial charge in [0.2, 0.25) is 5.95 Å². The van der Waals surface area contributed by atoms with Crippen molar-refractivity contribution in [3.05, 3.63) is 52.1 Å². The molecule has 0 radical (unpaired) electrons. The van der Waals surface area contributed by atoms with Crippen LogP contribution in [0.2, 0.25) is 5.02 Å². The van der Waals surface area contributed by atoms with Crippen molar-refractivity contribution in [3.63, 3.8) is 0 Å². The summed E-state index contributed by atoms with van der Waals surface area (Å²) in [6, 6.07) is 4.39. The van der Waals surface area contributed by atoms with E-state index in [0.29, 0.717) is 32.0 Å². The number of nitrogens with one attached hydrogen (secondary N) is 2. The van der Waals surface area contributed by atoms with E-state index in [4.69, 9.17) is 11.6 Å². The highest BCUT2D eigenvalue weighted by atomic mass is 35.5. The second-order valence-electron chi connectivity index (χ2n) is 8.62. The molecule has 0 unspecified atom stereocenters. The minimum atomic E-state index is -0.448. The summed E-state index contributed by atoms with van der Waals surface area (Å²) in [6.07, 6.45) is 2.45. The van der Waals surface area contributed by atoms with Crippen LogP contribution in [0.15, 0.2) is 24.4 Å². The van der Waals surface area contributed by atoms with E-state index in [-0.39, 0.29) is 35.7 Å². The van der Waals surface area contributed by atoms with Crippen LogP contribution in [0.25, 0.3) is 0 Å². The highest BCUT2D eigenvalue weighted by molar-refractivity contribution is 6.30. The Morgan fingerprint density at radius 2 is 2.22 bits per heavy atom. The predicted molar refractivity (Wildman–Crippen MR) is 120 cm³/mol.